The Morgan fingerprint density at radius 2 is 1.96 bits per heavy atom. The first kappa shape index (κ1) is 16.8. The molecule has 1 aromatic heterocycles. The van der Waals surface area contributed by atoms with Crippen LogP contribution in [-0.4, -0.2) is 21.9 Å². The highest BCUT2D eigenvalue weighted by atomic mass is 16.1. The van der Waals surface area contributed by atoms with Gasteiger partial charge in [-0.1, -0.05) is 42.8 Å². The van der Waals surface area contributed by atoms with Gasteiger partial charge in [0, 0.05) is 24.1 Å². The Hall–Kier alpha value is -2.66. The number of amides is 1. The highest BCUT2D eigenvalue weighted by Gasteiger charge is 2.24. The molecule has 0 spiro atoms. The van der Waals surface area contributed by atoms with E-state index in [2.05, 4.69) is 15.3 Å². The average molecular weight is 348 g/mol. The molecule has 5 heteroatoms. The van der Waals surface area contributed by atoms with Crippen LogP contribution < -0.4 is 11.1 Å². The Balaban J connectivity index is 1.39. The largest absolute Gasteiger partial charge is 0.352 e. The number of aromatic amines is 1. The van der Waals surface area contributed by atoms with Crippen LogP contribution in [0, 0.1) is 5.92 Å². The molecular weight excluding hydrogens is 324 g/mol. The quantitative estimate of drug-likeness (QED) is 0.676. The van der Waals surface area contributed by atoms with Crippen LogP contribution >= 0.6 is 0 Å². The number of nitrogens with two attached hydrogens (primary N) is 1. The molecule has 4 N–H and O–H groups in total. The maximum Gasteiger partial charge on any atom is 0.223 e. The molecule has 0 aliphatic heterocycles. The molecule has 1 aliphatic carbocycles. The predicted molar refractivity (Wildman–Crippen MR) is 103 cm³/mol. The smallest absolute Gasteiger partial charge is 0.223 e. The molecule has 1 amide bonds. The van der Waals surface area contributed by atoms with Crippen molar-refractivity contribution in [3.05, 3.63) is 54.1 Å². The molecule has 0 bridgehead atoms. The van der Waals surface area contributed by atoms with Crippen LogP contribution in [0.4, 0.5) is 0 Å². The van der Waals surface area contributed by atoms with Crippen molar-refractivity contribution in [1.29, 1.82) is 0 Å². The Kier molecular flexibility index (Phi) is 4.71. The fraction of sp³-hybridized carbons (Fsp3) is 0.333. The van der Waals surface area contributed by atoms with E-state index < -0.39 is 0 Å². The fourth-order valence-electron chi connectivity index (χ4n) is 3.67. The minimum Gasteiger partial charge on any atom is -0.352 e. The zero-order valence-electron chi connectivity index (χ0n) is 14.7. The van der Waals surface area contributed by atoms with E-state index in [-0.39, 0.29) is 17.9 Å². The first-order valence-corrected chi connectivity index (χ1v) is 9.26. The molecule has 2 atom stereocenters. The van der Waals surface area contributed by atoms with Gasteiger partial charge in [-0.2, -0.15) is 0 Å². The molecule has 1 heterocycles. The van der Waals surface area contributed by atoms with E-state index >= 15 is 0 Å². The molecule has 2 aromatic carbocycles. The van der Waals surface area contributed by atoms with E-state index in [1.54, 1.807) is 0 Å². The number of H-pyrrole nitrogens is 1. The number of hydrogen-bond donors (Lipinski definition) is 3. The molecule has 1 fully saturated rings. The number of hydrogen-bond acceptors (Lipinski definition) is 3. The average Bonchev–Trinajstić information content (AvgIpc) is 3.11. The second kappa shape index (κ2) is 7.30. The Bertz CT molecular complexity index is 867. The van der Waals surface area contributed by atoms with Crippen molar-refractivity contribution < 1.29 is 4.79 Å². The van der Waals surface area contributed by atoms with Crippen LogP contribution in [-0.2, 0) is 11.3 Å². The summed E-state index contributed by atoms with van der Waals surface area (Å²) in [6.07, 6.45) is 3.83. The molecule has 5 nitrogen and oxygen atoms in total. The number of nitrogens with zero attached hydrogens (tertiary/aromatic N) is 1. The summed E-state index contributed by atoms with van der Waals surface area (Å²) in [5, 5.41) is 3.05. The number of nitrogens with one attached hydrogen (secondary N) is 2. The molecule has 3 aromatic rings. The van der Waals surface area contributed by atoms with Crippen LogP contribution in [0.2, 0.25) is 0 Å². The Morgan fingerprint density at radius 1 is 1.15 bits per heavy atom. The first-order chi connectivity index (χ1) is 12.7. The number of benzene rings is 2. The third kappa shape index (κ3) is 3.63. The number of rotatable bonds is 4. The molecule has 0 radical (unpaired) electrons. The van der Waals surface area contributed by atoms with Gasteiger partial charge in [0.15, 0.2) is 0 Å². The number of carbonyl (C=O) groups is 1. The number of para-hydroxylation sites is 2. The topological polar surface area (TPSA) is 83.8 Å². The van der Waals surface area contributed by atoms with Gasteiger partial charge < -0.3 is 16.0 Å². The summed E-state index contributed by atoms with van der Waals surface area (Å²) in [4.78, 5) is 20.3. The van der Waals surface area contributed by atoms with Crippen LogP contribution in [0.1, 0.15) is 31.2 Å². The third-order valence-corrected chi connectivity index (χ3v) is 5.17. The summed E-state index contributed by atoms with van der Waals surface area (Å²) in [7, 11) is 0. The molecule has 0 saturated heterocycles. The predicted octanol–water partition coefficient (Wildman–Crippen LogP) is 3.36. The van der Waals surface area contributed by atoms with Gasteiger partial charge in [0.1, 0.15) is 5.82 Å². The number of aromatic nitrogens is 2. The SMILES string of the molecule is NC1CCCC(C(=O)NCc2ccc(-c3nc4ccccc4[nH]3)cc2)C1. The summed E-state index contributed by atoms with van der Waals surface area (Å²) < 4.78 is 0. The number of imidazole rings is 1. The molecule has 1 aliphatic rings. The van der Waals surface area contributed by atoms with E-state index in [1.807, 2.05) is 48.5 Å². The molecular formula is C21H24N4O. The lowest BCUT2D eigenvalue weighted by atomic mass is 9.85. The lowest BCUT2D eigenvalue weighted by molar-refractivity contribution is -0.126. The summed E-state index contributed by atoms with van der Waals surface area (Å²) in [6.45, 7) is 0.547. The van der Waals surface area contributed by atoms with Crippen LogP contribution in [0.3, 0.4) is 0 Å². The van der Waals surface area contributed by atoms with Crippen molar-refractivity contribution in [1.82, 2.24) is 15.3 Å². The van der Waals surface area contributed by atoms with Gasteiger partial charge in [0.05, 0.1) is 11.0 Å². The normalized spacial score (nSPS) is 20.2. The lowest BCUT2D eigenvalue weighted by Crippen LogP contribution is -2.37. The van der Waals surface area contributed by atoms with E-state index in [0.29, 0.717) is 6.54 Å². The maximum atomic E-state index is 12.3. The van der Waals surface area contributed by atoms with Gasteiger partial charge in [-0.15, -0.1) is 0 Å². The Labute approximate surface area is 153 Å². The number of fused-ring (bicyclic) bond motifs is 1. The summed E-state index contributed by atoms with van der Waals surface area (Å²) in [6, 6.07) is 16.3. The van der Waals surface area contributed by atoms with E-state index in [0.717, 1.165) is 53.7 Å². The van der Waals surface area contributed by atoms with E-state index in [1.165, 1.54) is 0 Å². The van der Waals surface area contributed by atoms with Gasteiger partial charge in [0.25, 0.3) is 0 Å². The standard InChI is InChI=1S/C21H24N4O/c22-17-5-3-4-16(12-17)21(26)23-13-14-8-10-15(11-9-14)20-24-18-6-1-2-7-19(18)25-20/h1-2,6-11,16-17H,3-5,12-13,22H2,(H,23,26)(H,24,25). The summed E-state index contributed by atoms with van der Waals surface area (Å²) in [5.41, 5.74) is 10.1. The zero-order valence-corrected chi connectivity index (χ0v) is 14.7. The zero-order chi connectivity index (χ0) is 17.9. The Morgan fingerprint density at radius 3 is 2.73 bits per heavy atom. The van der Waals surface area contributed by atoms with Gasteiger partial charge in [-0.25, -0.2) is 4.98 Å². The maximum absolute atomic E-state index is 12.3. The lowest BCUT2D eigenvalue weighted by Gasteiger charge is -2.25. The highest BCUT2D eigenvalue weighted by Crippen LogP contribution is 2.24. The second-order valence-electron chi connectivity index (χ2n) is 7.14. The second-order valence-corrected chi connectivity index (χ2v) is 7.14. The van der Waals surface area contributed by atoms with Crippen LogP contribution in [0.15, 0.2) is 48.5 Å². The van der Waals surface area contributed by atoms with Gasteiger partial charge in [-0.05, 0) is 37.0 Å². The van der Waals surface area contributed by atoms with Crippen molar-refractivity contribution in [2.24, 2.45) is 11.7 Å². The van der Waals surface area contributed by atoms with Crippen molar-refractivity contribution in [2.45, 2.75) is 38.3 Å². The van der Waals surface area contributed by atoms with Gasteiger partial charge >= 0.3 is 0 Å². The van der Waals surface area contributed by atoms with E-state index in [9.17, 15) is 4.79 Å². The molecule has 26 heavy (non-hydrogen) atoms. The van der Waals surface area contributed by atoms with Gasteiger partial charge in [0.2, 0.25) is 5.91 Å². The summed E-state index contributed by atoms with van der Waals surface area (Å²) in [5.74, 6) is 1.05. The molecule has 4 rings (SSSR count). The van der Waals surface area contributed by atoms with Crippen LogP contribution in [0.25, 0.3) is 22.4 Å². The van der Waals surface area contributed by atoms with E-state index in [4.69, 9.17) is 5.73 Å². The third-order valence-electron chi connectivity index (χ3n) is 5.17. The minimum atomic E-state index is 0.0635. The first-order valence-electron chi connectivity index (χ1n) is 9.26. The number of carbonyl (C=O) groups excluding carboxylic acids is 1. The molecule has 1 saturated carbocycles. The van der Waals surface area contributed by atoms with Crippen molar-refractivity contribution >= 4 is 16.9 Å². The fourth-order valence-corrected chi connectivity index (χ4v) is 3.67. The van der Waals surface area contributed by atoms with Crippen molar-refractivity contribution in [2.75, 3.05) is 0 Å². The summed E-state index contributed by atoms with van der Waals surface area (Å²) >= 11 is 0. The molecule has 2 unspecified atom stereocenters. The van der Waals surface area contributed by atoms with Crippen molar-refractivity contribution in [3.63, 3.8) is 0 Å². The highest BCUT2D eigenvalue weighted by molar-refractivity contribution is 5.79. The van der Waals surface area contributed by atoms with Gasteiger partial charge in [-0.3, -0.25) is 4.79 Å². The minimum absolute atomic E-state index is 0.0635. The molecule has 134 valence electrons. The van der Waals surface area contributed by atoms with Crippen molar-refractivity contribution in [3.8, 4) is 11.4 Å². The monoisotopic (exact) mass is 348 g/mol. The van der Waals surface area contributed by atoms with Crippen LogP contribution in [0.5, 0.6) is 0 Å².